The quantitative estimate of drug-likeness (QED) is 0.892. The zero-order valence-electron chi connectivity index (χ0n) is 14.8. The molecule has 1 unspecified atom stereocenters. The van der Waals surface area contributed by atoms with Gasteiger partial charge in [0, 0.05) is 56.1 Å². The molecule has 0 bridgehead atoms. The van der Waals surface area contributed by atoms with Crippen LogP contribution >= 0.6 is 0 Å². The van der Waals surface area contributed by atoms with E-state index in [-0.39, 0.29) is 11.6 Å². The molecule has 1 aliphatic rings. The van der Waals surface area contributed by atoms with Crippen LogP contribution in [0.1, 0.15) is 17.3 Å². The number of amides is 1. The Balaban J connectivity index is 1.48. The van der Waals surface area contributed by atoms with Gasteiger partial charge < -0.3 is 10.2 Å². The van der Waals surface area contributed by atoms with Crippen molar-refractivity contribution in [3.63, 3.8) is 0 Å². The van der Waals surface area contributed by atoms with Crippen LogP contribution in [0.5, 0.6) is 0 Å². The predicted molar refractivity (Wildman–Crippen MR) is 98.4 cm³/mol. The highest BCUT2D eigenvalue weighted by atomic mass is 19.1. The van der Waals surface area contributed by atoms with Gasteiger partial charge in [-0.2, -0.15) is 0 Å². The lowest BCUT2D eigenvalue weighted by Gasteiger charge is -2.39. The molecule has 0 saturated carbocycles. The van der Waals surface area contributed by atoms with E-state index in [2.05, 4.69) is 27.2 Å². The van der Waals surface area contributed by atoms with Gasteiger partial charge in [-0.15, -0.1) is 0 Å². The summed E-state index contributed by atoms with van der Waals surface area (Å²) in [7, 11) is 0. The minimum atomic E-state index is -0.750. The first-order valence-electron chi connectivity index (χ1n) is 8.81. The maximum absolute atomic E-state index is 13.2. The number of nitrogens with one attached hydrogen (secondary N) is 1. The third kappa shape index (κ3) is 4.58. The van der Waals surface area contributed by atoms with Crippen LogP contribution in [0.25, 0.3) is 0 Å². The molecule has 1 saturated heterocycles. The van der Waals surface area contributed by atoms with Crippen molar-refractivity contribution >= 4 is 11.6 Å². The van der Waals surface area contributed by atoms with Crippen molar-refractivity contribution in [3.8, 4) is 0 Å². The maximum atomic E-state index is 13.2. The maximum Gasteiger partial charge on any atom is 0.251 e. The number of hydrogen-bond acceptors (Lipinski definition) is 3. The van der Waals surface area contributed by atoms with Gasteiger partial charge in [0.25, 0.3) is 5.91 Å². The average Bonchev–Trinajstić information content (AvgIpc) is 2.66. The SMILES string of the molecule is CC(CNC(=O)c1cc(F)cc(F)c1)N1CCN(c2ccccc2)CC1. The van der Waals surface area contributed by atoms with Crippen LogP contribution in [-0.4, -0.2) is 49.6 Å². The van der Waals surface area contributed by atoms with E-state index in [1.165, 1.54) is 5.69 Å². The second kappa shape index (κ2) is 8.27. The van der Waals surface area contributed by atoms with Crippen molar-refractivity contribution in [1.82, 2.24) is 10.2 Å². The lowest BCUT2D eigenvalue weighted by molar-refractivity contribution is 0.0933. The molecule has 1 atom stereocenters. The third-order valence-electron chi connectivity index (χ3n) is 4.74. The van der Waals surface area contributed by atoms with Gasteiger partial charge in [-0.1, -0.05) is 18.2 Å². The van der Waals surface area contributed by atoms with Gasteiger partial charge >= 0.3 is 0 Å². The zero-order chi connectivity index (χ0) is 18.5. The summed E-state index contributed by atoms with van der Waals surface area (Å²) in [6.45, 7) is 6.14. The van der Waals surface area contributed by atoms with Crippen LogP contribution in [-0.2, 0) is 0 Å². The summed E-state index contributed by atoms with van der Waals surface area (Å²) >= 11 is 0. The number of rotatable bonds is 5. The Labute approximate surface area is 152 Å². The van der Waals surface area contributed by atoms with Gasteiger partial charge in [0.2, 0.25) is 0 Å². The van der Waals surface area contributed by atoms with E-state index in [0.29, 0.717) is 6.54 Å². The summed E-state index contributed by atoms with van der Waals surface area (Å²) in [5.74, 6) is -1.96. The molecular weight excluding hydrogens is 336 g/mol. The van der Waals surface area contributed by atoms with Gasteiger partial charge in [0.1, 0.15) is 11.6 Å². The molecule has 2 aromatic carbocycles. The number of piperazine rings is 1. The number of hydrogen-bond donors (Lipinski definition) is 1. The molecule has 1 N–H and O–H groups in total. The lowest BCUT2D eigenvalue weighted by atomic mass is 10.1. The summed E-state index contributed by atoms with van der Waals surface area (Å²) in [5, 5.41) is 2.77. The number of carbonyl (C=O) groups is 1. The molecule has 0 aromatic heterocycles. The summed E-state index contributed by atoms with van der Waals surface area (Å²) in [6, 6.07) is 13.3. The number of nitrogens with zero attached hydrogens (tertiary/aromatic N) is 2. The molecule has 26 heavy (non-hydrogen) atoms. The van der Waals surface area contributed by atoms with Crippen molar-refractivity contribution in [2.45, 2.75) is 13.0 Å². The molecule has 1 heterocycles. The fraction of sp³-hybridized carbons (Fsp3) is 0.350. The molecule has 4 nitrogen and oxygen atoms in total. The van der Waals surface area contributed by atoms with E-state index < -0.39 is 17.5 Å². The standard InChI is InChI=1S/C20H23F2N3O/c1-15(14-23-20(26)16-11-17(21)13-18(22)12-16)24-7-9-25(10-8-24)19-5-3-2-4-6-19/h2-6,11-13,15H,7-10,14H2,1H3,(H,23,26). The molecule has 1 amide bonds. The first-order chi connectivity index (χ1) is 12.5. The van der Waals surface area contributed by atoms with Crippen LogP contribution in [0.4, 0.5) is 14.5 Å². The van der Waals surface area contributed by atoms with Crippen LogP contribution in [0.3, 0.4) is 0 Å². The Kier molecular flexibility index (Phi) is 5.83. The molecule has 0 aliphatic carbocycles. The first kappa shape index (κ1) is 18.3. The Hall–Kier alpha value is -2.47. The van der Waals surface area contributed by atoms with Crippen LogP contribution in [0, 0.1) is 11.6 Å². The lowest BCUT2D eigenvalue weighted by Crippen LogP contribution is -2.52. The molecule has 3 rings (SSSR count). The summed E-state index contributed by atoms with van der Waals surface area (Å²) in [5.41, 5.74) is 1.23. The molecule has 2 aromatic rings. The van der Waals surface area contributed by atoms with Crippen molar-refractivity contribution in [2.75, 3.05) is 37.6 Å². The Morgan fingerprint density at radius 3 is 2.27 bits per heavy atom. The van der Waals surface area contributed by atoms with Crippen LogP contribution < -0.4 is 10.2 Å². The third-order valence-corrected chi connectivity index (χ3v) is 4.74. The van der Waals surface area contributed by atoms with Gasteiger partial charge in [-0.05, 0) is 31.2 Å². The van der Waals surface area contributed by atoms with Crippen molar-refractivity contribution < 1.29 is 13.6 Å². The Bertz CT molecular complexity index is 726. The minimum absolute atomic E-state index is 0.00333. The van der Waals surface area contributed by atoms with E-state index in [4.69, 9.17) is 0 Å². The monoisotopic (exact) mass is 359 g/mol. The van der Waals surface area contributed by atoms with Gasteiger partial charge in [0.05, 0.1) is 0 Å². The Morgan fingerprint density at radius 1 is 1.04 bits per heavy atom. The predicted octanol–water partition coefficient (Wildman–Crippen LogP) is 2.91. The molecule has 138 valence electrons. The van der Waals surface area contributed by atoms with E-state index in [0.717, 1.165) is 44.4 Å². The summed E-state index contributed by atoms with van der Waals surface area (Å²) < 4.78 is 26.4. The number of anilines is 1. The molecule has 6 heteroatoms. The highest BCUT2D eigenvalue weighted by Gasteiger charge is 2.21. The molecule has 1 aliphatic heterocycles. The van der Waals surface area contributed by atoms with E-state index in [1.807, 2.05) is 25.1 Å². The molecule has 0 spiro atoms. The summed E-state index contributed by atoms with van der Waals surface area (Å²) in [6.07, 6.45) is 0. The smallest absolute Gasteiger partial charge is 0.251 e. The first-order valence-corrected chi connectivity index (χ1v) is 8.81. The normalized spacial score (nSPS) is 16.3. The van der Waals surface area contributed by atoms with E-state index >= 15 is 0 Å². The largest absolute Gasteiger partial charge is 0.369 e. The number of halogens is 2. The van der Waals surface area contributed by atoms with Gasteiger partial charge in [-0.25, -0.2) is 8.78 Å². The number of para-hydroxylation sites is 1. The molecule has 1 fully saturated rings. The van der Waals surface area contributed by atoms with Crippen LogP contribution in [0.15, 0.2) is 48.5 Å². The van der Waals surface area contributed by atoms with Gasteiger partial charge in [-0.3, -0.25) is 9.69 Å². The average molecular weight is 359 g/mol. The highest BCUT2D eigenvalue weighted by molar-refractivity contribution is 5.94. The van der Waals surface area contributed by atoms with E-state index in [1.54, 1.807) is 0 Å². The topological polar surface area (TPSA) is 35.6 Å². The second-order valence-corrected chi connectivity index (χ2v) is 6.58. The molecular formula is C20H23F2N3O. The number of carbonyl (C=O) groups excluding carboxylic acids is 1. The van der Waals surface area contributed by atoms with Crippen molar-refractivity contribution in [2.24, 2.45) is 0 Å². The van der Waals surface area contributed by atoms with Crippen molar-refractivity contribution in [1.29, 1.82) is 0 Å². The highest BCUT2D eigenvalue weighted by Crippen LogP contribution is 2.16. The zero-order valence-corrected chi connectivity index (χ0v) is 14.8. The fourth-order valence-electron chi connectivity index (χ4n) is 3.22. The fourth-order valence-corrected chi connectivity index (χ4v) is 3.22. The molecule has 0 radical (unpaired) electrons. The Morgan fingerprint density at radius 2 is 1.65 bits per heavy atom. The van der Waals surface area contributed by atoms with Gasteiger partial charge in [0.15, 0.2) is 0 Å². The second-order valence-electron chi connectivity index (χ2n) is 6.58. The summed E-state index contributed by atoms with van der Waals surface area (Å²) in [4.78, 5) is 16.8. The van der Waals surface area contributed by atoms with Crippen LogP contribution in [0.2, 0.25) is 0 Å². The minimum Gasteiger partial charge on any atom is -0.369 e. The number of benzene rings is 2. The van der Waals surface area contributed by atoms with E-state index in [9.17, 15) is 13.6 Å². The van der Waals surface area contributed by atoms with Crippen molar-refractivity contribution in [3.05, 3.63) is 65.7 Å².